The molecule has 0 unspecified atom stereocenters. The van der Waals surface area contributed by atoms with E-state index < -0.39 is 0 Å². The molecule has 3 rings (SSSR count). The number of benzene rings is 1. The predicted octanol–water partition coefficient (Wildman–Crippen LogP) is 3.87. The third-order valence-electron chi connectivity index (χ3n) is 3.10. The van der Waals surface area contributed by atoms with Crippen LogP contribution in [0.15, 0.2) is 47.1 Å². The molecule has 0 aliphatic rings. The van der Waals surface area contributed by atoms with Crippen LogP contribution in [0.25, 0.3) is 22.6 Å². The van der Waals surface area contributed by atoms with Crippen LogP contribution in [-0.4, -0.2) is 15.8 Å². The highest BCUT2D eigenvalue weighted by atomic mass is 16.3. The van der Waals surface area contributed by atoms with E-state index in [1.54, 1.807) is 30.6 Å². The van der Waals surface area contributed by atoms with Gasteiger partial charge in [0.05, 0.1) is 5.56 Å². The van der Waals surface area contributed by atoms with E-state index in [0.717, 1.165) is 12.0 Å². The number of pyridine rings is 1. The van der Waals surface area contributed by atoms with Gasteiger partial charge in [-0.15, -0.1) is 0 Å². The molecule has 100 valence electrons. The van der Waals surface area contributed by atoms with Crippen molar-refractivity contribution in [1.29, 1.82) is 0 Å². The molecule has 0 bridgehead atoms. The lowest BCUT2D eigenvalue weighted by molar-refractivity contribution is 0.0982. The summed E-state index contributed by atoms with van der Waals surface area (Å²) in [4.78, 5) is 20.4. The molecular weight excluding hydrogens is 252 g/mol. The molecule has 4 heteroatoms. The summed E-state index contributed by atoms with van der Waals surface area (Å²) in [6.07, 6.45) is 4.80. The Labute approximate surface area is 116 Å². The fraction of sp³-hybridized carbons (Fsp3) is 0.188. The van der Waals surface area contributed by atoms with Crippen molar-refractivity contribution in [2.75, 3.05) is 0 Å². The summed E-state index contributed by atoms with van der Waals surface area (Å²) in [5.74, 6) is 0.661. The van der Waals surface area contributed by atoms with Crippen LogP contribution in [0.5, 0.6) is 0 Å². The SMILES string of the molecule is CCCC(=O)c1ccc2oc(-c3cccnc3)nc2c1. The normalized spacial score (nSPS) is 10.8. The smallest absolute Gasteiger partial charge is 0.228 e. The Bertz CT molecular complexity index is 748. The molecule has 2 heterocycles. The monoisotopic (exact) mass is 266 g/mol. The zero-order valence-electron chi connectivity index (χ0n) is 11.2. The lowest BCUT2D eigenvalue weighted by atomic mass is 10.1. The number of carbonyl (C=O) groups excluding carboxylic acids is 1. The lowest BCUT2D eigenvalue weighted by Crippen LogP contribution is -1.97. The highest BCUT2D eigenvalue weighted by Crippen LogP contribution is 2.24. The predicted molar refractivity (Wildman–Crippen MR) is 76.5 cm³/mol. The minimum absolute atomic E-state index is 0.139. The van der Waals surface area contributed by atoms with Crippen LogP contribution < -0.4 is 0 Å². The standard InChI is InChI=1S/C16H14N2O2/c1-2-4-14(19)11-6-7-15-13(9-11)18-16(20-15)12-5-3-8-17-10-12/h3,5-10H,2,4H2,1H3. The van der Waals surface area contributed by atoms with E-state index in [9.17, 15) is 4.79 Å². The Hall–Kier alpha value is -2.49. The van der Waals surface area contributed by atoms with Crippen LogP contribution in [0, 0.1) is 0 Å². The van der Waals surface area contributed by atoms with Gasteiger partial charge in [-0.25, -0.2) is 4.98 Å². The van der Waals surface area contributed by atoms with Crippen LogP contribution in [0.4, 0.5) is 0 Å². The second-order valence-corrected chi connectivity index (χ2v) is 4.62. The van der Waals surface area contributed by atoms with Crippen LogP contribution in [0.1, 0.15) is 30.1 Å². The van der Waals surface area contributed by atoms with E-state index in [2.05, 4.69) is 9.97 Å². The van der Waals surface area contributed by atoms with E-state index in [0.29, 0.717) is 29.0 Å². The van der Waals surface area contributed by atoms with Gasteiger partial charge in [0.1, 0.15) is 5.52 Å². The number of aromatic nitrogens is 2. The lowest BCUT2D eigenvalue weighted by Gasteiger charge is -1.97. The average molecular weight is 266 g/mol. The van der Waals surface area contributed by atoms with Crippen LogP contribution >= 0.6 is 0 Å². The quantitative estimate of drug-likeness (QED) is 0.672. The molecule has 2 aromatic heterocycles. The molecule has 0 amide bonds. The number of Topliss-reactive ketones (excluding diaryl/α,β-unsaturated/α-hetero) is 1. The topological polar surface area (TPSA) is 56.0 Å². The number of ketones is 1. The zero-order chi connectivity index (χ0) is 13.9. The molecular formula is C16H14N2O2. The number of carbonyl (C=O) groups is 1. The number of nitrogens with zero attached hydrogens (tertiary/aromatic N) is 2. The van der Waals surface area contributed by atoms with Crippen molar-refractivity contribution in [1.82, 2.24) is 9.97 Å². The number of oxazole rings is 1. The molecule has 4 nitrogen and oxygen atoms in total. The van der Waals surface area contributed by atoms with Gasteiger partial charge in [0.2, 0.25) is 5.89 Å². The third-order valence-corrected chi connectivity index (χ3v) is 3.10. The summed E-state index contributed by atoms with van der Waals surface area (Å²) in [7, 11) is 0. The van der Waals surface area contributed by atoms with Gasteiger partial charge in [0, 0.05) is 24.4 Å². The molecule has 0 saturated carbocycles. The molecule has 0 N–H and O–H groups in total. The van der Waals surface area contributed by atoms with Crippen molar-refractivity contribution >= 4 is 16.9 Å². The highest BCUT2D eigenvalue weighted by Gasteiger charge is 2.11. The van der Waals surface area contributed by atoms with Gasteiger partial charge in [-0.05, 0) is 36.8 Å². The largest absolute Gasteiger partial charge is 0.436 e. The van der Waals surface area contributed by atoms with Gasteiger partial charge in [-0.1, -0.05) is 6.92 Å². The summed E-state index contributed by atoms with van der Waals surface area (Å²) in [5, 5.41) is 0. The second kappa shape index (κ2) is 5.25. The summed E-state index contributed by atoms with van der Waals surface area (Å²) in [6, 6.07) is 9.10. The van der Waals surface area contributed by atoms with Crippen molar-refractivity contribution in [2.45, 2.75) is 19.8 Å². The van der Waals surface area contributed by atoms with E-state index in [1.807, 2.05) is 19.1 Å². The maximum absolute atomic E-state index is 11.9. The number of hydrogen-bond donors (Lipinski definition) is 0. The Balaban J connectivity index is 2.02. The minimum atomic E-state index is 0.139. The molecule has 0 fully saturated rings. The number of fused-ring (bicyclic) bond motifs is 1. The molecule has 0 saturated heterocycles. The maximum atomic E-state index is 11.9. The van der Waals surface area contributed by atoms with Crippen molar-refractivity contribution in [2.24, 2.45) is 0 Å². The van der Waals surface area contributed by atoms with Gasteiger partial charge in [-0.3, -0.25) is 9.78 Å². The first-order chi connectivity index (χ1) is 9.78. The molecule has 0 atom stereocenters. The van der Waals surface area contributed by atoms with E-state index in [4.69, 9.17) is 4.42 Å². The van der Waals surface area contributed by atoms with Crippen molar-refractivity contribution in [3.05, 3.63) is 48.3 Å². The number of rotatable bonds is 4. The minimum Gasteiger partial charge on any atom is -0.436 e. The summed E-state index contributed by atoms with van der Waals surface area (Å²) in [5.41, 5.74) is 2.89. The Morgan fingerprint density at radius 1 is 1.30 bits per heavy atom. The number of hydrogen-bond acceptors (Lipinski definition) is 4. The summed E-state index contributed by atoms with van der Waals surface area (Å²) >= 11 is 0. The van der Waals surface area contributed by atoms with Gasteiger partial charge < -0.3 is 4.42 Å². The van der Waals surface area contributed by atoms with E-state index in [-0.39, 0.29) is 5.78 Å². The molecule has 0 aliphatic heterocycles. The van der Waals surface area contributed by atoms with E-state index in [1.165, 1.54) is 0 Å². The third kappa shape index (κ3) is 2.32. The average Bonchev–Trinajstić information content (AvgIpc) is 2.91. The maximum Gasteiger partial charge on any atom is 0.228 e. The molecule has 0 spiro atoms. The first-order valence-electron chi connectivity index (χ1n) is 6.62. The highest BCUT2D eigenvalue weighted by molar-refractivity contribution is 5.98. The van der Waals surface area contributed by atoms with Crippen molar-refractivity contribution in [3.63, 3.8) is 0 Å². The van der Waals surface area contributed by atoms with Crippen LogP contribution in [-0.2, 0) is 0 Å². The molecule has 3 aromatic rings. The van der Waals surface area contributed by atoms with E-state index >= 15 is 0 Å². The van der Waals surface area contributed by atoms with Crippen LogP contribution in [0.2, 0.25) is 0 Å². The molecule has 1 aromatic carbocycles. The summed E-state index contributed by atoms with van der Waals surface area (Å²) in [6.45, 7) is 1.99. The van der Waals surface area contributed by atoms with Crippen LogP contribution in [0.3, 0.4) is 0 Å². The molecule has 0 radical (unpaired) electrons. The van der Waals surface area contributed by atoms with Gasteiger partial charge in [-0.2, -0.15) is 0 Å². The van der Waals surface area contributed by atoms with Gasteiger partial charge >= 0.3 is 0 Å². The van der Waals surface area contributed by atoms with Gasteiger partial charge in [0.15, 0.2) is 11.4 Å². The van der Waals surface area contributed by atoms with Crippen molar-refractivity contribution in [3.8, 4) is 11.5 Å². The fourth-order valence-electron chi connectivity index (χ4n) is 2.09. The summed E-state index contributed by atoms with van der Waals surface area (Å²) < 4.78 is 5.69. The Morgan fingerprint density at radius 2 is 2.20 bits per heavy atom. The van der Waals surface area contributed by atoms with Crippen molar-refractivity contribution < 1.29 is 9.21 Å². The first kappa shape index (κ1) is 12.5. The first-order valence-corrected chi connectivity index (χ1v) is 6.62. The molecule has 20 heavy (non-hydrogen) atoms. The Morgan fingerprint density at radius 3 is 2.95 bits per heavy atom. The second-order valence-electron chi connectivity index (χ2n) is 4.62. The molecule has 0 aliphatic carbocycles. The Kier molecular flexibility index (Phi) is 3.29. The van der Waals surface area contributed by atoms with Gasteiger partial charge in [0.25, 0.3) is 0 Å². The fourth-order valence-corrected chi connectivity index (χ4v) is 2.09. The zero-order valence-corrected chi connectivity index (χ0v) is 11.2.